The third-order valence-electron chi connectivity index (χ3n) is 3.05. The Morgan fingerprint density at radius 2 is 1.92 bits per heavy atom. The predicted octanol–water partition coefficient (Wildman–Crippen LogP) is 6.02. The maximum Gasteiger partial charge on any atom is 0.218 e. The van der Waals surface area contributed by atoms with Crippen LogP contribution >= 0.6 is 35.2 Å². The normalized spacial score (nSPS) is 11.6. The average Bonchev–Trinajstić information content (AvgIpc) is 2.88. The second kappa shape index (κ2) is 7.39. The highest BCUT2D eigenvalue weighted by atomic mass is 35.5. The monoisotopic (exact) mass is 385 g/mol. The molecule has 0 saturated carbocycles. The Bertz CT molecular complexity index is 916. The lowest BCUT2D eigenvalue weighted by Crippen LogP contribution is -1.78. The molecule has 10 heteroatoms. The first-order valence-corrected chi connectivity index (χ1v) is 7.94. The van der Waals surface area contributed by atoms with Gasteiger partial charge in [0.05, 0.1) is 22.6 Å². The molecule has 1 heterocycles. The maximum atomic E-state index is 10.0. The number of azo groups is 1. The molecular formula is C14H9Cl2N3O4S. The van der Waals surface area contributed by atoms with Gasteiger partial charge in [-0.15, -0.1) is 14.6 Å². The lowest BCUT2D eigenvalue weighted by Gasteiger charge is -1.99. The number of rotatable bonds is 5. The summed E-state index contributed by atoms with van der Waals surface area (Å²) < 4.78 is 4.39. The Kier molecular flexibility index (Phi) is 5.24. The molecule has 24 heavy (non-hydrogen) atoms. The van der Waals surface area contributed by atoms with Crippen molar-refractivity contribution in [1.82, 2.24) is 4.98 Å². The Morgan fingerprint density at radius 3 is 2.71 bits per heavy atom. The Labute approximate surface area is 149 Å². The molecule has 0 aliphatic heterocycles. The van der Waals surface area contributed by atoms with Gasteiger partial charge in [0.15, 0.2) is 5.69 Å². The molecule has 3 N–H and O–H groups in total. The summed E-state index contributed by atoms with van der Waals surface area (Å²) in [6.45, 7) is 0. The molecule has 124 valence electrons. The van der Waals surface area contributed by atoms with Crippen molar-refractivity contribution in [2.75, 3.05) is 0 Å². The van der Waals surface area contributed by atoms with Gasteiger partial charge in [-0.25, -0.2) is 5.26 Å². The van der Waals surface area contributed by atoms with E-state index in [9.17, 15) is 5.11 Å². The fourth-order valence-corrected chi connectivity index (χ4v) is 2.74. The van der Waals surface area contributed by atoms with Crippen LogP contribution in [0.3, 0.4) is 0 Å². The summed E-state index contributed by atoms with van der Waals surface area (Å²) in [4.78, 5) is 3.40. The molecular weight excluding hydrogens is 377 g/mol. The molecule has 0 aliphatic rings. The van der Waals surface area contributed by atoms with Crippen LogP contribution in [-0.4, -0.2) is 15.3 Å². The molecule has 3 rings (SSSR count). The van der Waals surface area contributed by atoms with E-state index in [1.54, 1.807) is 36.4 Å². The molecule has 0 radical (unpaired) electrons. The fourth-order valence-electron chi connectivity index (χ4n) is 2.02. The van der Waals surface area contributed by atoms with Gasteiger partial charge in [-0.05, 0) is 36.4 Å². The van der Waals surface area contributed by atoms with E-state index >= 15 is 0 Å². The van der Waals surface area contributed by atoms with Gasteiger partial charge in [0.25, 0.3) is 0 Å². The van der Waals surface area contributed by atoms with Gasteiger partial charge in [-0.1, -0.05) is 28.2 Å². The maximum absolute atomic E-state index is 10.0. The van der Waals surface area contributed by atoms with Crippen molar-refractivity contribution < 1.29 is 19.7 Å². The molecule has 2 aromatic carbocycles. The topological polar surface area (TPSA) is 99.4 Å². The molecule has 0 amide bonds. The Hall–Kier alpha value is -1.81. The van der Waals surface area contributed by atoms with Gasteiger partial charge >= 0.3 is 0 Å². The first kappa shape index (κ1) is 17.0. The van der Waals surface area contributed by atoms with E-state index < -0.39 is 0 Å². The first-order valence-electron chi connectivity index (χ1n) is 6.44. The zero-order chi connectivity index (χ0) is 17.1. The second-order valence-corrected chi connectivity index (χ2v) is 6.17. The summed E-state index contributed by atoms with van der Waals surface area (Å²) in [5, 5.41) is 31.3. The number of nitrogens with one attached hydrogen (secondary N) is 1. The largest absolute Gasteiger partial charge is 0.493 e. The molecule has 0 aliphatic carbocycles. The number of halogens is 2. The molecule has 1 aromatic heterocycles. The highest BCUT2D eigenvalue weighted by molar-refractivity contribution is 7.94. The minimum atomic E-state index is -0.145. The lowest BCUT2D eigenvalue weighted by molar-refractivity contribution is -0.432. The van der Waals surface area contributed by atoms with E-state index in [1.165, 1.54) is 0 Å². The number of aromatic nitrogens is 1. The summed E-state index contributed by atoms with van der Waals surface area (Å²) in [7, 11) is 0. The van der Waals surface area contributed by atoms with Crippen LogP contribution in [0, 0.1) is 0 Å². The van der Waals surface area contributed by atoms with Crippen LogP contribution in [0.5, 0.6) is 5.88 Å². The minimum absolute atomic E-state index is 0.145. The fraction of sp³-hybridized carbons (Fsp3) is 0. The van der Waals surface area contributed by atoms with Gasteiger partial charge < -0.3 is 10.1 Å². The summed E-state index contributed by atoms with van der Waals surface area (Å²) in [5.41, 5.74) is 1.25. The number of H-pyrrole nitrogens is 1. The van der Waals surface area contributed by atoms with Gasteiger partial charge in [0, 0.05) is 15.3 Å². The standard InChI is InChI=1S/C14H9Cl2N3O4S/c15-7-1-3-10(16)12(5-7)18-19-13-9-6-8(24-23-22-21)2-4-11(9)17-14(13)20/h1-6,17,20-21H. The van der Waals surface area contributed by atoms with E-state index in [1.807, 2.05) is 0 Å². The molecule has 0 fully saturated rings. The van der Waals surface area contributed by atoms with Crippen molar-refractivity contribution in [2.45, 2.75) is 4.90 Å². The first-order chi connectivity index (χ1) is 11.6. The number of hydrogen-bond donors (Lipinski definition) is 3. The van der Waals surface area contributed by atoms with E-state index in [-0.39, 0.29) is 11.6 Å². The zero-order valence-corrected chi connectivity index (χ0v) is 14.1. The lowest BCUT2D eigenvalue weighted by atomic mass is 10.2. The summed E-state index contributed by atoms with van der Waals surface area (Å²) in [5.74, 6) is -0.145. The Morgan fingerprint density at radius 1 is 1.08 bits per heavy atom. The molecule has 7 nitrogen and oxygen atoms in total. The van der Waals surface area contributed by atoms with Crippen molar-refractivity contribution >= 4 is 57.5 Å². The molecule has 3 aromatic rings. The number of hydrogen-bond acceptors (Lipinski definition) is 7. The average molecular weight is 386 g/mol. The van der Waals surface area contributed by atoms with Gasteiger partial charge in [0.2, 0.25) is 5.88 Å². The van der Waals surface area contributed by atoms with Crippen molar-refractivity contribution in [3.63, 3.8) is 0 Å². The summed E-state index contributed by atoms with van der Waals surface area (Å²) >= 11 is 12.7. The highest BCUT2D eigenvalue weighted by Gasteiger charge is 2.12. The number of aromatic hydroxyl groups is 1. The van der Waals surface area contributed by atoms with Crippen molar-refractivity contribution in [2.24, 2.45) is 10.2 Å². The van der Waals surface area contributed by atoms with Crippen LogP contribution in [0.1, 0.15) is 0 Å². The third kappa shape index (κ3) is 3.64. The summed E-state index contributed by atoms with van der Waals surface area (Å²) in [6, 6.07) is 9.91. The molecule has 0 atom stereocenters. The number of aromatic amines is 1. The van der Waals surface area contributed by atoms with Crippen LogP contribution in [0.2, 0.25) is 10.0 Å². The molecule has 0 saturated heterocycles. The molecule has 0 bridgehead atoms. The van der Waals surface area contributed by atoms with E-state index in [4.69, 9.17) is 28.5 Å². The number of fused-ring (bicyclic) bond motifs is 1. The SMILES string of the molecule is OOOSc1ccc2[nH]c(O)c(N=Nc3cc(Cl)ccc3Cl)c2c1. The minimum Gasteiger partial charge on any atom is -0.493 e. The number of nitrogens with zero attached hydrogens (tertiary/aromatic N) is 2. The van der Waals surface area contributed by atoms with Crippen LogP contribution in [0.4, 0.5) is 11.4 Å². The van der Waals surface area contributed by atoms with Gasteiger partial charge in [0.1, 0.15) is 5.69 Å². The van der Waals surface area contributed by atoms with Crippen LogP contribution in [0.15, 0.2) is 51.5 Å². The summed E-state index contributed by atoms with van der Waals surface area (Å²) in [6.07, 6.45) is 0. The molecule has 0 unspecified atom stereocenters. The molecule has 0 spiro atoms. The van der Waals surface area contributed by atoms with Gasteiger partial charge in [-0.2, -0.15) is 0 Å². The number of benzene rings is 2. The Balaban J connectivity index is 2.00. The third-order valence-corrected chi connectivity index (χ3v) is 4.18. The van der Waals surface area contributed by atoms with Crippen LogP contribution < -0.4 is 0 Å². The van der Waals surface area contributed by atoms with Gasteiger partial charge in [-0.3, -0.25) is 0 Å². The second-order valence-electron chi connectivity index (χ2n) is 4.55. The van der Waals surface area contributed by atoms with E-state index in [2.05, 4.69) is 24.6 Å². The highest BCUT2D eigenvalue weighted by Crippen LogP contribution is 2.39. The van der Waals surface area contributed by atoms with Crippen LogP contribution in [-0.2, 0) is 9.37 Å². The van der Waals surface area contributed by atoms with E-state index in [0.29, 0.717) is 31.5 Å². The van der Waals surface area contributed by atoms with Crippen molar-refractivity contribution in [3.8, 4) is 5.88 Å². The quantitative estimate of drug-likeness (QED) is 0.215. The van der Waals surface area contributed by atoms with Crippen molar-refractivity contribution in [3.05, 3.63) is 46.4 Å². The zero-order valence-electron chi connectivity index (χ0n) is 11.7. The van der Waals surface area contributed by atoms with E-state index in [0.717, 1.165) is 12.0 Å². The smallest absolute Gasteiger partial charge is 0.218 e. The predicted molar refractivity (Wildman–Crippen MR) is 91.3 cm³/mol. The van der Waals surface area contributed by atoms with Crippen LogP contribution in [0.25, 0.3) is 10.9 Å². The van der Waals surface area contributed by atoms with Crippen molar-refractivity contribution in [1.29, 1.82) is 0 Å².